The summed E-state index contributed by atoms with van der Waals surface area (Å²) in [5, 5.41) is 5.75. The molecule has 1 aliphatic rings. The number of halogens is 1. The first-order valence-corrected chi connectivity index (χ1v) is 10.3. The summed E-state index contributed by atoms with van der Waals surface area (Å²) in [5.41, 5.74) is 0.338. The lowest BCUT2D eigenvalue weighted by Gasteiger charge is -2.36. The van der Waals surface area contributed by atoms with Gasteiger partial charge in [0.1, 0.15) is 17.5 Å². The van der Waals surface area contributed by atoms with Crippen LogP contribution in [-0.4, -0.2) is 39.0 Å². The number of amides is 1. The zero-order chi connectivity index (χ0) is 19.8. The Balaban J connectivity index is 1.90. The summed E-state index contributed by atoms with van der Waals surface area (Å²) in [6, 6.07) is 3.95. The highest BCUT2D eigenvalue weighted by atomic mass is 79.9. The second kappa shape index (κ2) is 7.70. The van der Waals surface area contributed by atoms with E-state index in [0.29, 0.717) is 6.54 Å². The van der Waals surface area contributed by atoms with E-state index in [4.69, 9.17) is 14.6 Å². The molecule has 0 radical (unpaired) electrons. The van der Waals surface area contributed by atoms with Crippen molar-refractivity contribution in [1.29, 1.82) is 0 Å². The topological polar surface area (TPSA) is 56.6 Å². The largest absolute Gasteiger partial charge is 0.490 e. The quantitative estimate of drug-likeness (QED) is 0.635. The Hall–Kier alpha value is -1.76. The Morgan fingerprint density at radius 2 is 2.04 bits per heavy atom. The van der Waals surface area contributed by atoms with Crippen LogP contribution in [0, 0.1) is 0 Å². The highest BCUT2D eigenvalue weighted by Crippen LogP contribution is 2.33. The zero-order valence-electron chi connectivity index (χ0n) is 16.7. The van der Waals surface area contributed by atoms with Crippen LogP contribution in [0.4, 0.5) is 4.79 Å². The smallest absolute Gasteiger partial charge is 0.411 e. The lowest BCUT2D eigenvalue weighted by Crippen LogP contribution is -2.44. The fourth-order valence-electron chi connectivity index (χ4n) is 3.26. The summed E-state index contributed by atoms with van der Waals surface area (Å²) < 4.78 is 14.2. The number of fused-ring (bicyclic) bond motifs is 1. The first-order chi connectivity index (χ1) is 12.6. The summed E-state index contributed by atoms with van der Waals surface area (Å²) in [6.07, 6.45) is 4.57. The molecule has 1 atom stereocenters. The molecule has 1 fully saturated rings. The number of aromatic nitrogens is 2. The molecular formula is C20H28BrN3O3. The van der Waals surface area contributed by atoms with Crippen LogP contribution in [0.15, 0.2) is 22.8 Å². The van der Waals surface area contributed by atoms with Crippen molar-refractivity contribution in [3.05, 3.63) is 22.8 Å². The summed E-state index contributed by atoms with van der Waals surface area (Å²) in [7, 11) is 0. The normalized spacial score (nSPS) is 18.2. The minimum atomic E-state index is -0.512. The zero-order valence-corrected chi connectivity index (χ0v) is 18.2. The number of hydrogen-bond acceptors (Lipinski definition) is 4. The molecule has 1 saturated heterocycles. The average Bonchev–Trinajstić information content (AvgIpc) is 2.95. The number of rotatable bonds is 3. The van der Waals surface area contributed by atoms with Crippen molar-refractivity contribution in [1.82, 2.24) is 14.7 Å². The molecule has 0 spiro atoms. The lowest BCUT2D eigenvalue weighted by atomic mass is 10.1. The molecule has 7 heteroatoms. The number of carbonyl (C=O) groups is 1. The van der Waals surface area contributed by atoms with E-state index in [-0.39, 0.29) is 18.4 Å². The van der Waals surface area contributed by atoms with Gasteiger partial charge in [0.05, 0.1) is 16.1 Å². The molecule has 0 N–H and O–H groups in total. The Bertz CT molecular complexity index is 826. The van der Waals surface area contributed by atoms with E-state index in [1.54, 1.807) is 4.90 Å². The highest BCUT2D eigenvalue weighted by Gasteiger charge is 2.32. The van der Waals surface area contributed by atoms with Crippen LogP contribution in [0.5, 0.6) is 5.75 Å². The van der Waals surface area contributed by atoms with E-state index < -0.39 is 5.60 Å². The van der Waals surface area contributed by atoms with E-state index in [9.17, 15) is 4.79 Å². The molecule has 148 valence electrons. The predicted octanol–water partition coefficient (Wildman–Crippen LogP) is 5.51. The van der Waals surface area contributed by atoms with Gasteiger partial charge in [-0.3, -0.25) is 4.90 Å². The summed E-state index contributed by atoms with van der Waals surface area (Å²) in [4.78, 5) is 14.5. The second-order valence-corrected chi connectivity index (χ2v) is 9.12. The number of benzene rings is 1. The van der Waals surface area contributed by atoms with E-state index in [1.807, 2.05) is 57.6 Å². The third-order valence-corrected chi connectivity index (χ3v) is 4.96. The molecule has 2 heterocycles. The molecule has 2 aromatic rings. The van der Waals surface area contributed by atoms with Crippen LogP contribution >= 0.6 is 15.9 Å². The van der Waals surface area contributed by atoms with Gasteiger partial charge in [0.2, 0.25) is 0 Å². The SMILES string of the molecule is CC(C)Oc1cc2nn(C3CCCCN3C(=O)OC(C)(C)C)cc2cc1Br. The number of carbonyl (C=O) groups excluding carboxylic acids is 1. The molecule has 0 aliphatic carbocycles. The van der Waals surface area contributed by atoms with Gasteiger partial charge in [-0.05, 0) is 75.9 Å². The molecule has 1 aliphatic heterocycles. The maximum absolute atomic E-state index is 12.7. The van der Waals surface area contributed by atoms with Crippen molar-refractivity contribution in [2.45, 2.75) is 71.8 Å². The van der Waals surface area contributed by atoms with Crippen molar-refractivity contribution >= 4 is 32.9 Å². The number of likely N-dealkylation sites (tertiary alicyclic amines) is 1. The first kappa shape index (κ1) is 20.0. The van der Waals surface area contributed by atoms with Gasteiger partial charge < -0.3 is 9.47 Å². The van der Waals surface area contributed by atoms with Crippen molar-refractivity contribution in [3.8, 4) is 5.75 Å². The van der Waals surface area contributed by atoms with Gasteiger partial charge in [-0.1, -0.05) is 0 Å². The molecule has 3 rings (SSSR count). The van der Waals surface area contributed by atoms with Gasteiger partial charge in [0.25, 0.3) is 0 Å². The molecular weight excluding hydrogens is 410 g/mol. The van der Waals surface area contributed by atoms with Crippen molar-refractivity contribution in [2.24, 2.45) is 0 Å². The summed E-state index contributed by atoms with van der Waals surface area (Å²) in [6.45, 7) is 10.3. The van der Waals surface area contributed by atoms with Gasteiger partial charge in [-0.25, -0.2) is 9.48 Å². The Kier molecular flexibility index (Phi) is 5.70. The van der Waals surface area contributed by atoms with Crippen LogP contribution in [0.2, 0.25) is 0 Å². The minimum absolute atomic E-state index is 0.0850. The van der Waals surface area contributed by atoms with E-state index in [2.05, 4.69) is 15.9 Å². The predicted molar refractivity (Wildman–Crippen MR) is 109 cm³/mol. The van der Waals surface area contributed by atoms with E-state index >= 15 is 0 Å². The molecule has 27 heavy (non-hydrogen) atoms. The number of nitrogens with zero attached hydrogens (tertiary/aromatic N) is 3. The molecule has 1 unspecified atom stereocenters. The molecule has 1 aromatic heterocycles. The van der Waals surface area contributed by atoms with Crippen LogP contribution in [-0.2, 0) is 4.74 Å². The monoisotopic (exact) mass is 437 g/mol. The highest BCUT2D eigenvalue weighted by molar-refractivity contribution is 9.10. The van der Waals surface area contributed by atoms with Crippen molar-refractivity contribution in [2.75, 3.05) is 6.54 Å². The molecule has 1 aromatic carbocycles. The van der Waals surface area contributed by atoms with Crippen LogP contribution < -0.4 is 4.74 Å². The average molecular weight is 438 g/mol. The van der Waals surface area contributed by atoms with Crippen molar-refractivity contribution in [3.63, 3.8) is 0 Å². The Morgan fingerprint density at radius 3 is 2.70 bits per heavy atom. The molecule has 1 amide bonds. The maximum atomic E-state index is 12.7. The molecule has 0 bridgehead atoms. The lowest BCUT2D eigenvalue weighted by molar-refractivity contribution is -0.00333. The standard InChI is InChI=1S/C20H28BrN3O3/c1-13(2)26-17-11-16-14(10-15(17)21)12-24(22-16)18-8-6-7-9-23(18)19(25)27-20(3,4)5/h10-13,18H,6-9H2,1-5H3. The number of hydrogen-bond donors (Lipinski definition) is 0. The van der Waals surface area contributed by atoms with E-state index in [0.717, 1.165) is 40.4 Å². The Morgan fingerprint density at radius 1 is 1.30 bits per heavy atom. The fraction of sp³-hybridized carbons (Fsp3) is 0.600. The van der Waals surface area contributed by atoms with Gasteiger partial charge in [0, 0.05) is 24.2 Å². The third kappa shape index (κ3) is 4.75. The first-order valence-electron chi connectivity index (χ1n) is 9.49. The maximum Gasteiger partial charge on any atom is 0.411 e. The Labute approximate surface area is 168 Å². The fourth-order valence-corrected chi connectivity index (χ4v) is 3.72. The van der Waals surface area contributed by atoms with Gasteiger partial charge >= 0.3 is 6.09 Å². The van der Waals surface area contributed by atoms with Crippen LogP contribution in [0.3, 0.4) is 0 Å². The minimum Gasteiger partial charge on any atom is -0.490 e. The van der Waals surface area contributed by atoms with Gasteiger partial charge in [0.15, 0.2) is 0 Å². The van der Waals surface area contributed by atoms with Crippen LogP contribution in [0.25, 0.3) is 10.9 Å². The third-order valence-electron chi connectivity index (χ3n) is 4.34. The van der Waals surface area contributed by atoms with Crippen LogP contribution in [0.1, 0.15) is 60.0 Å². The number of ether oxygens (including phenoxy) is 2. The summed E-state index contributed by atoms with van der Waals surface area (Å²) in [5.74, 6) is 0.774. The molecule has 6 nitrogen and oxygen atoms in total. The van der Waals surface area contributed by atoms with Crippen molar-refractivity contribution < 1.29 is 14.3 Å². The number of piperidine rings is 1. The second-order valence-electron chi connectivity index (χ2n) is 8.27. The van der Waals surface area contributed by atoms with E-state index in [1.165, 1.54) is 0 Å². The summed E-state index contributed by atoms with van der Waals surface area (Å²) >= 11 is 3.57. The van der Waals surface area contributed by atoms with Gasteiger partial charge in [-0.15, -0.1) is 0 Å². The van der Waals surface area contributed by atoms with Gasteiger partial charge in [-0.2, -0.15) is 5.10 Å². The molecule has 0 saturated carbocycles.